The van der Waals surface area contributed by atoms with Crippen LogP contribution in [0.25, 0.3) is 0 Å². The standard InChI is InChI=1S/C16H15F2NO3/c1-19(22)15(20)10-16(21,11-5-3-2-4-6-11)12-7-8-13(17)14(18)9-12/h2-9,21-22H,10H2,1H3. The van der Waals surface area contributed by atoms with Gasteiger partial charge in [-0.05, 0) is 23.3 Å². The van der Waals surface area contributed by atoms with Crippen molar-refractivity contribution in [3.63, 3.8) is 0 Å². The second-order valence-electron chi connectivity index (χ2n) is 4.95. The number of rotatable bonds is 4. The minimum atomic E-state index is -1.89. The van der Waals surface area contributed by atoms with Crippen LogP contribution in [0.4, 0.5) is 8.78 Å². The molecule has 116 valence electrons. The lowest BCUT2D eigenvalue weighted by Gasteiger charge is -2.29. The average molecular weight is 307 g/mol. The average Bonchev–Trinajstić information content (AvgIpc) is 2.50. The van der Waals surface area contributed by atoms with Gasteiger partial charge in [0.15, 0.2) is 11.6 Å². The smallest absolute Gasteiger partial charge is 0.249 e. The second kappa shape index (κ2) is 6.21. The fraction of sp³-hybridized carbons (Fsp3) is 0.188. The van der Waals surface area contributed by atoms with Crippen molar-refractivity contribution in [3.8, 4) is 0 Å². The van der Waals surface area contributed by atoms with Gasteiger partial charge in [0.25, 0.3) is 0 Å². The van der Waals surface area contributed by atoms with Crippen molar-refractivity contribution in [2.75, 3.05) is 7.05 Å². The van der Waals surface area contributed by atoms with Crippen molar-refractivity contribution >= 4 is 5.91 Å². The lowest BCUT2D eigenvalue weighted by atomic mass is 9.83. The number of aliphatic hydroxyl groups is 1. The third kappa shape index (κ3) is 3.13. The molecule has 4 nitrogen and oxygen atoms in total. The molecular formula is C16H15F2NO3. The third-order valence-corrected chi connectivity index (χ3v) is 3.42. The fourth-order valence-electron chi connectivity index (χ4n) is 2.17. The summed E-state index contributed by atoms with van der Waals surface area (Å²) in [5.74, 6) is -2.95. The molecule has 2 rings (SSSR count). The Labute approximate surface area is 126 Å². The number of halogens is 2. The van der Waals surface area contributed by atoms with Crippen LogP contribution >= 0.6 is 0 Å². The molecule has 0 aliphatic heterocycles. The van der Waals surface area contributed by atoms with E-state index in [1.807, 2.05) is 0 Å². The van der Waals surface area contributed by atoms with Gasteiger partial charge in [-0.25, -0.2) is 13.8 Å². The van der Waals surface area contributed by atoms with Gasteiger partial charge in [0, 0.05) is 7.05 Å². The first-order valence-corrected chi connectivity index (χ1v) is 6.53. The van der Waals surface area contributed by atoms with Gasteiger partial charge in [0.2, 0.25) is 5.91 Å². The Bertz CT molecular complexity index is 676. The summed E-state index contributed by atoms with van der Waals surface area (Å²) in [4.78, 5) is 11.8. The molecule has 0 heterocycles. The Kier molecular flexibility index (Phi) is 4.54. The van der Waals surface area contributed by atoms with Crippen LogP contribution in [0.2, 0.25) is 0 Å². The summed E-state index contributed by atoms with van der Waals surface area (Å²) < 4.78 is 26.6. The van der Waals surface area contributed by atoms with Crippen LogP contribution in [0.5, 0.6) is 0 Å². The molecule has 1 atom stereocenters. The van der Waals surface area contributed by atoms with E-state index in [2.05, 4.69) is 0 Å². The number of hydrogen-bond donors (Lipinski definition) is 2. The molecule has 0 aliphatic rings. The van der Waals surface area contributed by atoms with Gasteiger partial charge in [-0.2, -0.15) is 0 Å². The summed E-state index contributed by atoms with van der Waals surface area (Å²) in [6, 6.07) is 11.1. The molecule has 0 radical (unpaired) electrons. The van der Waals surface area contributed by atoms with Gasteiger partial charge in [0.05, 0.1) is 6.42 Å². The molecule has 0 bridgehead atoms. The van der Waals surface area contributed by atoms with Crippen LogP contribution in [-0.2, 0) is 10.4 Å². The molecule has 2 aromatic rings. The molecule has 0 aliphatic carbocycles. The summed E-state index contributed by atoms with van der Waals surface area (Å²) in [6.45, 7) is 0. The van der Waals surface area contributed by atoms with Crippen LogP contribution in [-0.4, -0.2) is 28.3 Å². The largest absolute Gasteiger partial charge is 0.380 e. The van der Waals surface area contributed by atoms with Crippen molar-refractivity contribution in [3.05, 3.63) is 71.3 Å². The highest BCUT2D eigenvalue weighted by molar-refractivity contribution is 5.77. The quantitative estimate of drug-likeness (QED) is 0.674. The van der Waals surface area contributed by atoms with Crippen LogP contribution in [0, 0.1) is 11.6 Å². The normalized spacial score (nSPS) is 13.5. The fourth-order valence-corrected chi connectivity index (χ4v) is 2.17. The molecule has 0 fully saturated rings. The van der Waals surface area contributed by atoms with Crippen LogP contribution in [0.3, 0.4) is 0 Å². The van der Waals surface area contributed by atoms with E-state index in [-0.39, 0.29) is 5.56 Å². The Morgan fingerprint density at radius 1 is 1.09 bits per heavy atom. The number of amides is 1. The van der Waals surface area contributed by atoms with Crippen LogP contribution < -0.4 is 0 Å². The second-order valence-corrected chi connectivity index (χ2v) is 4.95. The molecule has 1 unspecified atom stereocenters. The molecule has 2 N–H and O–H groups in total. The summed E-state index contributed by atoms with van der Waals surface area (Å²) in [5.41, 5.74) is -1.53. The number of carbonyl (C=O) groups excluding carboxylic acids is 1. The van der Waals surface area contributed by atoms with Gasteiger partial charge >= 0.3 is 0 Å². The lowest BCUT2D eigenvalue weighted by Crippen LogP contribution is -2.35. The molecule has 0 saturated heterocycles. The zero-order valence-electron chi connectivity index (χ0n) is 11.8. The number of carbonyl (C=O) groups is 1. The summed E-state index contributed by atoms with van der Waals surface area (Å²) in [7, 11) is 1.12. The Morgan fingerprint density at radius 3 is 2.27 bits per heavy atom. The Hall–Kier alpha value is -2.31. The van der Waals surface area contributed by atoms with Crippen molar-refractivity contribution in [1.82, 2.24) is 5.06 Å². The van der Waals surface area contributed by atoms with Crippen LogP contribution in [0.1, 0.15) is 17.5 Å². The highest BCUT2D eigenvalue weighted by Crippen LogP contribution is 2.34. The van der Waals surface area contributed by atoms with Crippen LogP contribution in [0.15, 0.2) is 48.5 Å². The molecule has 1 amide bonds. The van der Waals surface area contributed by atoms with E-state index in [0.717, 1.165) is 19.2 Å². The maximum atomic E-state index is 13.5. The number of hydrogen-bond acceptors (Lipinski definition) is 3. The predicted octanol–water partition coefficient (Wildman–Crippen LogP) is 2.44. The van der Waals surface area contributed by atoms with Gasteiger partial charge in [0.1, 0.15) is 5.60 Å². The van der Waals surface area contributed by atoms with E-state index in [9.17, 15) is 23.9 Å². The third-order valence-electron chi connectivity index (χ3n) is 3.42. The van der Waals surface area contributed by atoms with E-state index < -0.39 is 29.6 Å². The van der Waals surface area contributed by atoms with Crippen molar-refractivity contribution < 1.29 is 23.9 Å². The van der Waals surface area contributed by atoms with E-state index in [0.29, 0.717) is 10.6 Å². The lowest BCUT2D eigenvalue weighted by molar-refractivity contribution is -0.163. The topological polar surface area (TPSA) is 60.8 Å². The molecule has 0 saturated carbocycles. The molecule has 0 aromatic heterocycles. The van der Waals surface area contributed by atoms with E-state index >= 15 is 0 Å². The minimum Gasteiger partial charge on any atom is -0.380 e. The zero-order valence-corrected chi connectivity index (χ0v) is 11.8. The first-order chi connectivity index (χ1) is 10.3. The minimum absolute atomic E-state index is 0.0211. The Balaban J connectivity index is 2.54. The summed E-state index contributed by atoms with van der Waals surface area (Å²) in [6.07, 6.45) is -0.519. The first-order valence-electron chi connectivity index (χ1n) is 6.53. The number of nitrogens with zero attached hydrogens (tertiary/aromatic N) is 1. The molecule has 22 heavy (non-hydrogen) atoms. The molecule has 6 heteroatoms. The summed E-state index contributed by atoms with van der Waals surface area (Å²) >= 11 is 0. The number of benzene rings is 2. The zero-order chi connectivity index (χ0) is 16.3. The van der Waals surface area contributed by atoms with Gasteiger partial charge in [-0.3, -0.25) is 10.0 Å². The highest BCUT2D eigenvalue weighted by atomic mass is 19.2. The highest BCUT2D eigenvalue weighted by Gasteiger charge is 2.35. The summed E-state index contributed by atoms with van der Waals surface area (Å²) in [5, 5.41) is 20.5. The maximum absolute atomic E-state index is 13.5. The van der Waals surface area contributed by atoms with E-state index in [4.69, 9.17) is 0 Å². The molecule has 2 aromatic carbocycles. The van der Waals surface area contributed by atoms with Gasteiger partial charge in [-0.1, -0.05) is 36.4 Å². The van der Waals surface area contributed by atoms with Gasteiger partial charge in [-0.15, -0.1) is 0 Å². The predicted molar refractivity (Wildman–Crippen MR) is 75.0 cm³/mol. The van der Waals surface area contributed by atoms with Crippen molar-refractivity contribution in [1.29, 1.82) is 0 Å². The maximum Gasteiger partial charge on any atom is 0.249 e. The number of hydroxylamine groups is 2. The van der Waals surface area contributed by atoms with Gasteiger partial charge < -0.3 is 5.11 Å². The first kappa shape index (κ1) is 16.1. The molecular weight excluding hydrogens is 292 g/mol. The monoisotopic (exact) mass is 307 g/mol. The molecule has 0 spiro atoms. The SMILES string of the molecule is CN(O)C(=O)CC(O)(c1ccccc1)c1ccc(F)c(F)c1. The van der Waals surface area contributed by atoms with E-state index in [1.54, 1.807) is 30.3 Å². The van der Waals surface area contributed by atoms with E-state index in [1.165, 1.54) is 6.07 Å². The van der Waals surface area contributed by atoms with Crippen molar-refractivity contribution in [2.24, 2.45) is 0 Å². The Morgan fingerprint density at radius 2 is 1.73 bits per heavy atom. The van der Waals surface area contributed by atoms with Crippen molar-refractivity contribution in [2.45, 2.75) is 12.0 Å².